The Morgan fingerprint density at radius 2 is 1.39 bits per heavy atom. The average molecular weight is 507 g/mol. The monoisotopic (exact) mass is 506 g/mol. The molecule has 0 fully saturated rings. The predicted molar refractivity (Wildman–Crippen MR) is 146 cm³/mol. The zero-order valence-corrected chi connectivity index (χ0v) is 20.5. The first kappa shape index (κ1) is 22.3. The molecule has 6 rings (SSSR count). The van der Waals surface area contributed by atoms with E-state index in [1.54, 1.807) is 6.07 Å². The van der Waals surface area contributed by atoms with Crippen molar-refractivity contribution in [2.24, 2.45) is 0 Å². The molecule has 4 aromatic carbocycles. The predicted octanol–water partition coefficient (Wildman–Crippen LogP) is 7.25. The lowest BCUT2D eigenvalue weighted by Crippen LogP contribution is -2.11. The molecule has 2 heterocycles. The zero-order chi connectivity index (χ0) is 24.5. The Balaban J connectivity index is 1.59. The van der Waals surface area contributed by atoms with Crippen LogP contribution in [0.25, 0.3) is 39.1 Å². The van der Waals surface area contributed by atoms with Crippen molar-refractivity contribution in [2.45, 2.75) is 10.1 Å². The van der Waals surface area contributed by atoms with Gasteiger partial charge in [-0.25, -0.2) is 0 Å². The van der Waals surface area contributed by atoms with Crippen LogP contribution in [0.15, 0.2) is 124 Å². The quantitative estimate of drug-likeness (QED) is 0.267. The first-order valence-electron chi connectivity index (χ1n) is 11.3. The van der Waals surface area contributed by atoms with E-state index >= 15 is 0 Å². The van der Waals surface area contributed by atoms with Crippen molar-refractivity contribution in [3.8, 4) is 28.2 Å². The average Bonchev–Trinajstić information content (AvgIpc) is 3.34. The van der Waals surface area contributed by atoms with Crippen LogP contribution < -0.4 is 5.56 Å². The molecule has 0 saturated heterocycles. The number of fused-ring (bicyclic) bond motifs is 1. The van der Waals surface area contributed by atoms with Gasteiger partial charge in [0.2, 0.25) is 5.16 Å². The van der Waals surface area contributed by atoms with Crippen LogP contribution in [0.3, 0.4) is 0 Å². The maximum Gasteiger partial charge on any atom is 0.263 e. The van der Waals surface area contributed by atoms with E-state index in [9.17, 15) is 4.79 Å². The van der Waals surface area contributed by atoms with Gasteiger partial charge < -0.3 is 4.98 Å². The molecular weight excluding hydrogens is 488 g/mol. The van der Waals surface area contributed by atoms with Gasteiger partial charge in [-0.05, 0) is 41.6 Å². The molecule has 0 unspecified atom stereocenters. The lowest BCUT2D eigenvalue weighted by Gasteiger charge is -2.14. The van der Waals surface area contributed by atoms with E-state index in [4.69, 9.17) is 11.6 Å². The molecule has 2 aromatic heterocycles. The summed E-state index contributed by atoms with van der Waals surface area (Å²) in [4.78, 5) is 17.0. The molecule has 0 aliphatic rings. The molecule has 0 aliphatic carbocycles. The van der Waals surface area contributed by atoms with E-state index in [1.807, 2.05) is 108 Å². The van der Waals surface area contributed by atoms with Gasteiger partial charge in [0, 0.05) is 27.2 Å². The number of benzene rings is 4. The number of aromatic amines is 1. The normalized spacial score (nSPS) is 11.1. The third-order valence-corrected chi connectivity index (χ3v) is 7.14. The molecule has 0 aliphatic heterocycles. The van der Waals surface area contributed by atoms with Crippen molar-refractivity contribution in [1.82, 2.24) is 19.7 Å². The number of aromatic nitrogens is 4. The second kappa shape index (κ2) is 9.49. The highest BCUT2D eigenvalue weighted by molar-refractivity contribution is 7.99. The van der Waals surface area contributed by atoms with Crippen LogP contribution in [0.5, 0.6) is 0 Å². The first-order chi connectivity index (χ1) is 17.7. The third kappa shape index (κ3) is 4.11. The van der Waals surface area contributed by atoms with Gasteiger partial charge in [-0.3, -0.25) is 9.36 Å². The number of H-pyrrole nitrogens is 1. The highest BCUT2D eigenvalue weighted by Gasteiger charge is 2.22. The number of rotatable bonds is 5. The van der Waals surface area contributed by atoms with Gasteiger partial charge in [0.25, 0.3) is 5.56 Å². The molecule has 174 valence electrons. The molecule has 36 heavy (non-hydrogen) atoms. The van der Waals surface area contributed by atoms with Gasteiger partial charge in [-0.1, -0.05) is 96.5 Å². The minimum Gasteiger partial charge on any atom is -0.321 e. The number of pyridine rings is 1. The topological polar surface area (TPSA) is 63.6 Å². The minimum absolute atomic E-state index is 0.211. The molecule has 5 nitrogen and oxygen atoms in total. The van der Waals surface area contributed by atoms with Crippen molar-refractivity contribution in [3.63, 3.8) is 0 Å². The molecule has 0 radical (unpaired) electrons. The highest BCUT2D eigenvalue weighted by Crippen LogP contribution is 2.39. The maximum absolute atomic E-state index is 13.5. The van der Waals surface area contributed by atoms with E-state index in [2.05, 4.69) is 15.2 Å². The Labute approximate surface area is 216 Å². The standard InChI is InChI=1S/C29H19ClN4OS/c30-21-16-17-23-24(18-21)31-28(35)26(25(23)19-10-4-1-5-11-19)36-29-33-32-27(20-12-6-2-7-13-20)34(29)22-14-8-3-9-15-22/h1-18H,(H,31,35). The van der Waals surface area contributed by atoms with Gasteiger partial charge in [-0.2, -0.15) is 0 Å². The smallest absolute Gasteiger partial charge is 0.263 e. The van der Waals surface area contributed by atoms with Crippen LogP contribution in [0, 0.1) is 0 Å². The van der Waals surface area contributed by atoms with Gasteiger partial charge in [-0.15, -0.1) is 10.2 Å². The molecule has 0 bridgehead atoms. The molecule has 7 heteroatoms. The minimum atomic E-state index is -0.211. The lowest BCUT2D eigenvalue weighted by molar-refractivity contribution is 0.885. The fourth-order valence-corrected chi connectivity index (χ4v) is 5.45. The molecule has 0 saturated carbocycles. The summed E-state index contributed by atoms with van der Waals surface area (Å²) in [6, 6.07) is 35.3. The molecule has 1 N–H and O–H groups in total. The summed E-state index contributed by atoms with van der Waals surface area (Å²) in [5.41, 5.74) is 4.09. The largest absolute Gasteiger partial charge is 0.321 e. The van der Waals surface area contributed by atoms with Crippen molar-refractivity contribution >= 4 is 34.3 Å². The Hall–Kier alpha value is -4.13. The highest BCUT2D eigenvalue weighted by atomic mass is 35.5. The first-order valence-corrected chi connectivity index (χ1v) is 12.5. The summed E-state index contributed by atoms with van der Waals surface area (Å²) in [5, 5.41) is 11.1. The number of nitrogens with one attached hydrogen (secondary N) is 1. The van der Waals surface area contributed by atoms with Crippen LogP contribution >= 0.6 is 23.4 Å². The van der Waals surface area contributed by atoms with Crippen LogP contribution in [-0.2, 0) is 0 Å². The summed E-state index contributed by atoms with van der Waals surface area (Å²) in [5.74, 6) is 0.703. The van der Waals surface area contributed by atoms with Crippen LogP contribution in [0.2, 0.25) is 5.02 Å². The number of hydrogen-bond donors (Lipinski definition) is 1. The SMILES string of the molecule is O=c1[nH]c2cc(Cl)ccc2c(-c2ccccc2)c1Sc1nnc(-c2ccccc2)n1-c1ccccc1. The van der Waals surface area contributed by atoms with Crippen molar-refractivity contribution < 1.29 is 0 Å². The molecule has 6 aromatic rings. The summed E-state index contributed by atoms with van der Waals surface area (Å²) < 4.78 is 1.99. The Bertz CT molecular complexity index is 1730. The van der Waals surface area contributed by atoms with Crippen LogP contribution in [0.4, 0.5) is 0 Å². The van der Waals surface area contributed by atoms with Crippen molar-refractivity contribution in [1.29, 1.82) is 0 Å². The van der Waals surface area contributed by atoms with Crippen molar-refractivity contribution in [2.75, 3.05) is 0 Å². The van der Waals surface area contributed by atoms with Crippen LogP contribution in [-0.4, -0.2) is 19.7 Å². The fraction of sp³-hybridized carbons (Fsp3) is 0. The number of nitrogens with zero attached hydrogens (tertiary/aromatic N) is 3. The van der Waals surface area contributed by atoms with Crippen LogP contribution in [0.1, 0.15) is 0 Å². The fourth-order valence-electron chi connectivity index (χ4n) is 4.25. The Kier molecular flexibility index (Phi) is 5.89. The summed E-state index contributed by atoms with van der Waals surface area (Å²) >= 11 is 7.54. The summed E-state index contributed by atoms with van der Waals surface area (Å²) in [7, 11) is 0. The second-order valence-corrected chi connectivity index (χ2v) is 9.57. The van der Waals surface area contributed by atoms with E-state index in [0.717, 1.165) is 27.8 Å². The van der Waals surface area contributed by atoms with Gasteiger partial charge in [0.1, 0.15) is 0 Å². The molecular formula is C29H19ClN4OS. The second-order valence-electron chi connectivity index (χ2n) is 8.16. The van der Waals surface area contributed by atoms with E-state index in [1.165, 1.54) is 11.8 Å². The summed E-state index contributed by atoms with van der Waals surface area (Å²) in [6.07, 6.45) is 0. The van der Waals surface area contributed by atoms with E-state index in [-0.39, 0.29) is 5.56 Å². The number of halogens is 1. The summed E-state index contributed by atoms with van der Waals surface area (Å²) in [6.45, 7) is 0. The maximum atomic E-state index is 13.5. The lowest BCUT2D eigenvalue weighted by atomic mass is 10.0. The van der Waals surface area contributed by atoms with Gasteiger partial charge in [0.05, 0.1) is 10.4 Å². The van der Waals surface area contributed by atoms with Gasteiger partial charge >= 0.3 is 0 Å². The molecule has 0 amide bonds. The Morgan fingerprint density at radius 1 is 0.750 bits per heavy atom. The van der Waals surface area contributed by atoms with E-state index < -0.39 is 0 Å². The van der Waals surface area contributed by atoms with Crippen molar-refractivity contribution in [3.05, 3.63) is 125 Å². The molecule has 0 spiro atoms. The van der Waals surface area contributed by atoms with E-state index in [0.29, 0.717) is 26.4 Å². The third-order valence-electron chi connectivity index (χ3n) is 5.87. The zero-order valence-electron chi connectivity index (χ0n) is 18.9. The Morgan fingerprint density at radius 3 is 2.08 bits per heavy atom. The van der Waals surface area contributed by atoms with Gasteiger partial charge in [0.15, 0.2) is 5.82 Å². The number of hydrogen-bond acceptors (Lipinski definition) is 4. The molecule has 0 atom stereocenters. The number of para-hydroxylation sites is 1.